The highest BCUT2D eigenvalue weighted by Gasteiger charge is 2.10. The van der Waals surface area contributed by atoms with Crippen LogP contribution in [0.3, 0.4) is 0 Å². The summed E-state index contributed by atoms with van der Waals surface area (Å²) < 4.78 is 0.897. The summed E-state index contributed by atoms with van der Waals surface area (Å²) in [5.41, 5.74) is 2.45. The van der Waals surface area contributed by atoms with Crippen LogP contribution in [0.2, 0.25) is 0 Å². The van der Waals surface area contributed by atoms with Crippen molar-refractivity contribution in [3.63, 3.8) is 0 Å². The average molecular weight is 369 g/mol. The minimum absolute atomic E-state index is 0.119. The number of hydrogen-bond acceptors (Lipinski definition) is 2. The van der Waals surface area contributed by atoms with E-state index in [-0.39, 0.29) is 5.91 Å². The van der Waals surface area contributed by atoms with Crippen molar-refractivity contribution in [1.29, 1.82) is 0 Å². The van der Waals surface area contributed by atoms with E-state index in [0.717, 1.165) is 26.6 Å². The molecule has 3 aromatic rings. The number of fused-ring (bicyclic) bond motifs is 1. The summed E-state index contributed by atoms with van der Waals surface area (Å²) in [6, 6.07) is 19.6. The molecule has 116 valence electrons. The molecule has 1 N–H and O–H groups in total. The molecule has 0 aliphatic rings. The van der Waals surface area contributed by atoms with Crippen LogP contribution in [0.4, 0.5) is 11.4 Å². The number of nitrogens with one attached hydrogen (secondary N) is 1. The molecule has 0 saturated heterocycles. The van der Waals surface area contributed by atoms with Crippen LogP contribution >= 0.6 is 15.9 Å². The summed E-state index contributed by atoms with van der Waals surface area (Å²) >= 11 is 3.51. The van der Waals surface area contributed by atoms with Gasteiger partial charge in [0.05, 0.1) is 5.69 Å². The normalized spacial score (nSPS) is 10.6. The highest BCUT2D eigenvalue weighted by Crippen LogP contribution is 2.26. The van der Waals surface area contributed by atoms with Crippen LogP contribution in [-0.2, 0) is 0 Å². The SMILES string of the molecule is CN(C)c1ccc(C(=O)Nc2ccc3ccccc3c2)cc1Br. The van der Waals surface area contributed by atoms with E-state index < -0.39 is 0 Å². The molecule has 0 aliphatic carbocycles. The lowest BCUT2D eigenvalue weighted by Crippen LogP contribution is -2.13. The molecule has 0 aromatic heterocycles. The molecule has 3 nitrogen and oxygen atoms in total. The Kier molecular flexibility index (Phi) is 4.35. The van der Waals surface area contributed by atoms with Crippen LogP contribution in [0.1, 0.15) is 10.4 Å². The van der Waals surface area contributed by atoms with Gasteiger partial charge in [0, 0.05) is 29.8 Å². The van der Waals surface area contributed by atoms with E-state index in [9.17, 15) is 4.79 Å². The lowest BCUT2D eigenvalue weighted by Gasteiger charge is -2.15. The van der Waals surface area contributed by atoms with Gasteiger partial charge < -0.3 is 10.2 Å². The van der Waals surface area contributed by atoms with Gasteiger partial charge in [0.25, 0.3) is 5.91 Å². The maximum Gasteiger partial charge on any atom is 0.255 e. The predicted molar refractivity (Wildman–Crippen MR) is 100 cm³/mol. The summed E-state index contributed by atoms with van der Waals surface area (Å²) in [6.07, 6.45) is 0. The van der Waals surface area contributed by atoms with Crippen LogP contribution in [0.5, 0.6) is 0 Å². The third-order valence-electron chi connectivity index (χ3n) is 3.70. The number of nitrogens with zero attached hydrogens (tertiary/aromatic N) is 1. The molecule has 0 radical (unpaired) electrons. The number of carbonyl (C=O) groups is 1. The molecular weight excluding hydrogens is 352 g/mol. The third-order valence-corrected chi connectivity index (χ3v) is 4.33. The Morgan fingerprint density at radius 3 is 2.39 bits per heavy atom. The van der Waals surface area contributed by atoms with Crippen LogP contribution in [0.15, 0.2) is 65.1 Å². The zero-order valence-electron chi connectivity index (χ0n) is 13.0. The number of benzene rings is 3. The lowest BCUT2D eigenvalue weighted by atomic mass is 10.1. The number of rotatable bonds is 3. The van der Waals surface area contributed by atoms with Gasteiger partial charge in [0.1, 0.15) is 0 Å². The average Bonchev–Trinajstić information content (AvgIpc) is 2.54. The smallest absolute Gasteiger partial charge is 0.255 e. The van der Waals surface area contributed by atoms with Gasteiger partial charge in [-0.15, -0.1) is 0 Å². The van der Waals surface area contributed by atoms with E-state index in [2.05, 4.69) is 27.3 Å². The summed E-state index contributed by atoms with van der Waals surface area (Å²) in [7, 11) is 3.93. The molecule has 23 heavy (non-hydrogen) atoms. The second-order valence-electron chi connectivity index (χ2n) is 5.58. The Morgan fingerprint density at radius 2 is 1.70 bits per heavy atom. The number of halogens is 1. The quantitative estimate of drug-likeness (QED) is 0.711. The molecular formula is C19H17BrN2O. The summed E-state index contributed by atoms with van der Waals surface area (Å²) in [5, 5.41) is 5.21. The maximum absolute atomic E-state index is 12.4. The molecule has 0 aliphatic heterocycles. The first kappa shape index (κ1) is 15.6. The van der Waals surface area contributed by atoms with E-state index in [0.29, 0.717) is 5.56 Å². The largest absolute Gasteiger partial charge is 0.377 e. The molecule has 3 aromatic carbocycles. The highest BCUT2D eigenvalue weighted by molar-refractivity contribution is 9.10. The molecule has 3 rings (SSSR count). The second-order valence-corrected chi connectivity index (χ2v) is 6.43. The Labute approximate surface area is 144 Å². The van der Waals surface area contributed by atoms with Gasteiger partial charge in [-0.05, 0) is 57.0 Å². The third kappa shape index (κ3) is 3.37. The van der Waals surface area contributed by atoms with Gasteiger partial charge in [-0.3, -0.25) is 4.79 Å². The molecule has 0 heterocycles. The van der Waals surface area contributed by atoms with Crippen LogP contribution < -0.4 is 10.2 Å². The highest BCUT2D eigenvalue weighted by atomic mass is 79.9. The van der Waals surface area contributed by atoms with Crippen molar-refractivity contribution in [3.8, 4) is 0 Å². The Balaban J connectivity index is 1.84. The molecule has 0 spiro atoms. The topological polar surface area (TPSA) is 32.3 Å². The van der Waals surface area contributed by atoms with Crippen molar-refractivity contribution in [1.82, 2.24) is 0 Å². The van der Waals surface area contributed by atoms with Gasteiger partial charge in [0.2, 0.25) is 0 Å². The minimum atomic E-state index is -0.119. The monoisotopic (exact) mass is 368 g/mol. The fourth-order valence-corrected chi connectivity index (χ4v) is 3.21. The van der Waals surface area contributed by atoms with Crippen molar-refractivity contribution in [2.24, 2.45) is 0 Å². The van der Waals surface area contributed by atoms with Crippen molar-refractivity contribution in [2.75, 3.05) is 24.3 Å². The van der Waals surface area contributed by atoms with Crippen LogP contribution in [-0.4, -0.2) is 20.0 Å². The van der Waals surface area contributed by atoms with Gasteiger partial charge in [-0.25, -0.2) is 0 Å². The van der Waals surface area contributed by atoms with Gasteiger partial charge in [-0.1, -0.05) is 30.3 Å². The first-order valence-corrected chi connectivity index (χ1v) is 8.11. The standard InChI is InChI=1S/C19H17BrN2O/c1-22(2)18-10-8-15(12-17(18)20)19(23)21-16-9-7-13-5-3-4-6-14(13)11-16/h3-12H,1-2H3,(H,21,23). The minimum Gasteiger partial charge on any atom is -0.377 e. The molecule has 0 saturated carbocycles. The summed E-state index contributed by atoms with van der Waals surface area (Å²) in [5.74, 6) is -0.119. The number of hydrogen-bond donors (Lipinski definition) is 1. The zero-order chi connectivity index (χ0) is 16.4. The van der Waals surface area contributed by atoms with E-state index in [1.807, 2.05) is 73.6 Å². The first-order valence-electron chi connectivity index (χ1n) is 7.31. The Hall–Kier alpha value is -2.33. The van der Waals surface area contributed by atoms with Crippen LogP contribution in [0.25, 0.3) is 10.8 Å². The van der Waals surface area contributed by atoms with E-state index in [1.165, 1.54) is 0 Å². The van der Waals surface area contributed by atoms with E-state index in [4.69, 9.17) is 0 Å². The lowest BCUT2D eigenvalue weighted by molar-refractivity contribution is 0.102. The van der Waals surface area contributed by atoms with Gasteiger partial charge >= 0.3 is 0 Å². The molecule has 0 atom stereocenters. The zero-order valence-corrected chi connectivity index (χ0v) is 14.6. The summed E-state index contributed by atoms with van der Waals surface area (Å²) in [4.78, 5) is 14.4. The van der Waals surface area contributed by atoms with Gasteiger partial charge in [-0.2, -0.15) is 0 Å². The molecule has 0 bridgehead atoms. The maximum atomic E-state index is 12.4. The molecule has 0 fully saturated rings. The predicted octanol–water partition coefficient (Wildman–Crippen LogP) is 4.92. The number of amides is 1. The first-order chi connectivity index (χ1) is 11.0. The molecule has 0 unspecified atom stereocenters. The number of anilines is 2. The van der Waals surface area contributed by atoms with Gasteiger partial charge in [0.15, 0.2) is 0 Å². The van der Waals surface area contributed by atoms with Crippen molar-refractivity contribution >= 4 is 44.0 Å². The summed E-state index contributed by atoms with van der Waals surface area (Å²) in [6.45, 7) is 0. The fraction of sp³-hybridized carbons (Fsp3) is 0.105. The van der Waals surface area contributed by atoms with Crippen molar-refractivity contribution in [3.05, 3.63) is 70.7 Å². The molecule has 4 heteroatoms. The fourth-order valence-electron chi connectivity index (χ4n) is 2.48. The second kappa shape index (κ2) is 6.42. The Bertz CT molecular complexity index is 874. The molecule has 1 amide bonds. The number of carbonyl (C=O) groups excluding carboxylic acids is 1. The van der Waals surface area contributed by atoms with E-state index in [1.54, 1.807) is 0 Å². The van der Waals surface area contributed by atoms with E-state index >= 15 is 0 Å². The van der Waals surface area contributed by atoms with Crippen molar-refractivity contribution in [2.45, 2.75) is 0 Å². The Morgan fingerprint density at radius 1 is 0.957 bits per heavy atom. The van der Waals surface area contributed by atoms with Crippen molar-refractivity contribution < 1.29 is 4.79 Å². The van der Waals surface area contributed by atoms with Crippen LogP contribution in [0, 0.1) is 0 Å².